The molecule has 164 valence electrons. The van der Waals surface area contributed by atoms with Gasteiger partial charge in [-0.05, 0) is 25.3 Å². The summed E-state index contributed by atoms with van der Waals surface area (Å²) >= 11 is 12.3. The fraction of sp³-hybridized carbons (Fsp3) is 0.455. The van der Waals surface area contributed by atoms with Crippen molar-refractivity contribution in [2.75, 3.05) is 5.32 Å². The highest BCUT2D eigenvalue weighted by Crippen LogP contribution is 2.46. The highest BCUT2D eigenvalue weighted by atomic mass is 35.5. The van der Waals surface area contributed by atoms with Gasteiger partial charge in [0.2, 0.25) is 11.8 Å². The molecule has 5 rings (SSSR count). The van der Waals surface area contributed by atoms with E-state index in [4.69, 9.17) is 27.9 Å². The Balaban J connectivity index is 0.00000112. The zero-order chi connectivity index (χ0) is 22.3. The van der Waals surface area contributed by atoms with Crippen LogP contribution in [0.1, 0.15) is 64.1 Å². The predicted octanol–water partition coefficient (Wildman–Crippen LogP) is 5.40. The molecule has 0 aromatic carbocycles. The Morgan fingerprint density at radius 2 is 1.94 bits per heavy atom. The van der Waals surface area contributed by atoms with E-state index in [0.29, 0.717) is 33.8 Å². The third-order valence-electron chi connectivity index (χ3n) is 5.41. The molecule has 1 fully saturated rings. The molecule has 1 atom stereocenters. The summed E-state index contributed by atoms with van der Waals surface area (Å²) in [5, 5.41) is 8.05. The maximum Gasteiger partial charge on any atom is 0.232 e. The Morgan fingerprint density at radius 3 is 2.61 bits per heavy atom. The van der Waals surface area contributed by atoms with Crippen molar-refractivity contribution in [3.8, 4) is 5.88 Å². The van der Waals surface area contributed by atoms with Crippen molar-refractivity contribution in [2.45, 2.75) is 64.4 Å². The minimum Gasteiger partial charge on any atom is -0.473 e. The molecule has 31 heavy (non-hydrogen) atoms. The van der Waals surface area contributed by atoms with Crippen LogP contribution in [0.15, 0.2) is 24.5 Å². The topological polar surface area (TPSA) is 81.4 Å². The zero-order valence-electron chi connectivity index (χ0n) is 17.9. The van der Waals surface area contributed by atoms with Gasteiger partial charge in [-0.25, -0.2) is 14.5 Å². The van der Waals surface area contributed by atoms with E-state index in [-0.39, 0.29) is 23.3 Å². The van der Waals surface area contributed by atoms with Crippen LogP contribution in [0.2, 0.25) is 10.2 Å². The fourth-order valence-corrected chi connectivity index (χ4v) is 4.34. The minimum atomic E-state index is -0.360. The number of fused-ring (bicyclic) bond motifs is 3. The van der Waals surface area contributed by atoms with Gasteiger partial charge >= 0.3 is 0 Å². The highest BCUT2D eigenvalue weighted by molar-refractivity contribution is 6.32. The van der Waals surface area contributed by atoms with E-state index in [1.807, 2.05) is 13.8 Å². The first-order valence-electron chi connectivity index (χ1n) is 10.5. The molecule has 3 aromatic rings. The average molecular weight is 462 g/mol. The van der Waals surface area contributed by atoms with Crippen LogP contribution in [0, 0.1) is 0 Å². The summed E-state index contributed by atoms with van der Waals surface area (Å²) in [6.07, 6.45) is 6.21. The van der Waals surface area contributed by atoms with Crippen LogP contribution in [-0.2, 0) is 10.2 Å². The molecule has 3 aromatic heterocycles. The highest BCUT2D eigenvalue weighted by Gasteiger charge is 2.43. The number of anilines is 1. The SMILES string of the molecule is CC.CC1(C)CC(C(=O)Nc2cnc(OC3CC3)c(Cl)c2)c2cnc3cc(Cl)nn3c21. The number of carbonyl (C=O) groups excluding carboxylic acids is 1. The second-order valence-electron chi connectivity index (χ2n) is 8.26. The second kappa shape index (κ2) is 8.28. The van der Waals surface area contributed by atoms with Crippen LogP contribution in [0.3, 0.4) is 0 Å². The molecular formula is C22H25Cl2N5O2. The summed E-state index contributed by atoms with van der Waals surface area (Å²) in [6, 6.07) is 3.38. The minimum absolute atomic E-state index is 0.134. The number of pyridine rings is 1. The van der Waals surface area contributed by atoms with E-state index in [2.05, 4.69) is 34.2 Å². The maximum absolute atomic E-state index is 13.1. The lowest BCUT2D eigenvalue weighted by Crippen LogP contribution is -2.21. The molecule has 0 radical (unpaired) electrons. The van der Waals surface area contributed by atoms with Gasteiger partial charge in [-0.3, -0.25) is 4.79 Å². The van der Waals surface area contributed by atoms with Crippen molar-refractivity contribution in [2.24, 2.45) is 0 Å². The van der Waals surface area contributed by atoms with Crippen LogP contribution in [0.4, 0.5) is 5.69 Å². The zero-order valence-corrected chi connectivity index (χ0v) is 19.5. The van der Waals surface area contributed by atoms with Gasteiger partial charge < -0.3 is 10.1 Å². The number of halogens is 2. The van der Waals surface area contributed by atoms with Crippen LogP contribution in [0.5, 0.6) is 5.88 Å². The third kappa shape index (κ3) is 4.21. The predicted molar refractivity (Wildman–Crippen MR) is 121 cm³/mol. The monoisotopic (exact) mass is 461 g/mol. The molecular weight excluding hydrogens is 437 g/mol. The number of hydrogen-bond acceptors (Lipinski definition) is 5. The first-order chi connectivity index (χ1) is 14.8. The van der Waals surface area contributed by atoms with E-state index >= 15 is 0 Å². The van der Waals surface area contributed by atoms with E-state index in [1.54, 1.807) is 29.0 Å². The number of carbonyl (C=O) groups is 1. The summed E-state index contributed by atoms with van der Waals surface area (Å²) in [5.74, 6) is -0.0901. The summed E-state index contributed by atoms with van der Waals surface area (Å²) < 4.78 is 7.39. The number of nitrogens with one attached hydrogen (secondary N) is 1. The van der Waals surface area contributed by atoms with E-state index < -0.39 is 0 Å². The number of nitrogens with zero attached hydrogens (tertiary/aromatic N) is 4. The molecule has 2 aliphatic carbocycles. The summed E-state index contributed by atoms with van der Waals surface area (Å²) in [4.78, 5) is 21.8. The molecule has 1 amide bonds. The summed E-state index contributed by atoms with van der Waals surface area (Å²) in [6.45, 7) is 8.19. The molecule has 0 saturated heterocycles. The van der Waals surface area contributed by atoms with Crippen molar-refractivity contribution in [3.05, 3.63) is 46.0 Å². The molecule has 1 unspecified atom stereocenters. The Hall–Kier alpha value is -2.38. The normalized spacial score (nSPS) is 18.8. The van der Waals surface area contributed by atoms with Crippen molar-refractivity contribution >= 4 is 40.4 Å². The van der Waals surface area contributed by atoms with Crippen LogP contribution in [0.25, 0.3) is 5.65 Å². The van der Waals surface area contributed by atoms with Crippen LogP contribution in [-0.4, -0.2) is 31.6 Å². The van der Waals surface area contributed by atoms with Gasteiger partial charge in [0, 0.05) is 23.2 Å². The summed E-state index contributed by atoms with van der Waals surface area (Å²) in [5.41, 5.74) is 2.76. The molecule has 7 nitrogen and oxygen atoms in total. The average Bonchev–Trinajstić information content (AvgIpc) is 3.39. The quantitative estimate of drug-likeness (QED) is 0.561. The van der Waals surface area contributed by atoms with Gasteiger partial charge in [0.05, 0.1) is 23.5 Å². The number of hydrogen-bond donors (Lipinski definition) is 1. The van der Waals surface area contributed by atoms with E-state index in [9.17, 15) is 4.79 Å². The molecule has 0 spiro atoms. The first-order valence-corrected chi connectivity index (χ1v) is 11.2. The van der Waals surface area contributed by atoms with Gasteiger partial charge in [0.15, 0.2) is 10.8 Å². The Bertz CT molecular complexity index is 1140. The number of rotatable bonds is 4. The van der Waals surface area contributed by atoms with Crippen LogP contribution >= 0.6 is 23.2 Å². The standard InChI is InChI=1S/C20H19Cl2N5O2.C2H6/c1-20(2)7-12(13-9-23-16-6-15(22)26-27(16)17(13)20)18(28)25-10-5-14(21)19(24-8-10)29-11-3-4-11;1-2/h5-6,8-9,11-12H,3-4,7H2,1-2H3,(H,25,28);1-2H3. The van der Waals surface area contributed by atoms with E-state index in [0.717, 1.165) is 24.1 Å². The van der Waals surface area contributed by atoms with Crippen LogP contribution < -0.4 is 10.1 Å². The lowest BCUT2D eigenvalue weighted by Gasteiger charge is -2.19. The summed E-state index contributed by atoms with van der Waals surface area (Å²) in [7, 11) is 0. The largest absolute Gasteiger partial charge is 0.473 e. The maximum atomic E-state index is 13.1. The van der Waals surface area contributed by atoms with Gasteiger partial charge in [0.1, 0.15) is 11.1 Å². The van der Waals surface area contributed by atoms with Gasteiger partial charge in [-0.2, -0.15) is 5.10 Å². The number of amides is 1. The fourth-order valence-electron chi connectivity index (χ4n) is 3.96. The molecule has 0 bridgehead atoms. The molecule has 1 saturated carbocycles. The Labute approximate surface area is 191 Å². The second-order valence-corrected chi connectivity index (χ2v) is 9.05. The molecule has 3 heterocycles. The van der Waals surface area contributed by atoms with Crippen molar-refractivity contribution in [1.29, 1.82) is 0 Å². The smallest absolute Gasteiger partial charge is 0.232 e. The Morgan fingerprint density at radius 1 is 1.19 bits per heavy atom. The van der Waals surface area contributed by atoms with Gasteiger partial charge in [0.25, 0.3) is 0 Å². The van der Waals surface area contributed by atoms with E-state index in [1.165, 1.54) is 0 Å². The van der Waals surface area contributed by atoms with Crippen molar-refractivity contribution in [3.63, 3.8) is 0 Å². The molecule has 0 aliphatic heterocycles. The van der Waals surface area contributed by atoms with Crippen molar-refractivity contribution < 1.29 is 9.53 Å². The Kier molecular flexibility index (Phi) is 5.83. The third-order valence-corrected chi connectivity index (χ3v) is 5.86. The molecule has 1 N–H and O–H groups in total. The van der Waals surface area contributed by atoms with Gasteiger partial charge in [-0.15, -0.1) is 0 Å². The molecule has 2 aliphatic rings. The number of aromatic nitrogens is 4. The van der Waals surface area contributed by atoms with Crippen molar-refractivity contribution in [1.82, 2.24) is 19.6 Å². The first kappa shape index (κ1) is 21.8. The number of ether oxygens (including phenoxy) is 1. The lowest BCUT2D eigenvalue weighted by molar-refractivity contribution is -0.117. The molecule has 9 heteroatoms. The van der Waals surface area contributed by atoms with Gasteiger partial charge in [-0.1, -0.05) is 50.9 Å². The lowest BCUT2D eigenvalue weighted by atomic mass is 9.88.